The molecule has 0 spiro atoms. The van der Waals surface area contributed by atoms with Crippen LogP contribution in [0.5, 0.6) is 0 Å². The fourth-order valence-corrected chi connectivity index (χ4v) is 3.28. The molecule has 1 aliphatic rings. The van der Waals surface area contributed by atoms with E-state index < -0.39 is 7.82 Å². The van der Waals surface area contributed by atoms with Gasteiger partial charge in [-0.2, -0.15) is 0 Å². The van der Waals surface area contributed by atoms with Crippen molar-refractivity contribution in [3.8, 4) is 0 Å². The molecular weight excluding hydrogens is 277 g/mol. The van der Waals surface area contributed by atoms with Gasteiger partial charge in [-0.25, -0.2) is 4.57 Å². The van der Waals surface area contributed by atoms with Crippen LogP contribution in [0.2, 0.25) is 0 Å². The van der Waals surface area contributed by atoms with E-state index >= 15 is 0 Å². The summed E-state index contributed by atoms with van der Waals surface area (Å²) < 4.78 is 28.7. The summed E-state index contributed by atoms with van der Waals surface area (Å²) in [5.41, 5.74) is 0. The van der Waals surface area contributed by atoms with E-state index in [0.717, 1.165) is 45.3 Å². The van der Waals surface area contributed by atoms with Crippen molar-refractivity contribution < 1.29 is 18.1 Å². The number of rotatable bonds is 12. The van der Waals surface area contributed by atoms with Crippen LogP contribution in [0.4, 0.5) is 0 Å². The average Bonchev–Trinajstić information content (AvgIpc) is 2.93. The van der Waals surface area contributed by atoms with E-state index in [1.165, 1.54) is 12.8 Å². The van der Waals surface area contributed by atoms with E-state index in [1.54, 1.807) is 0 Å². The first-order valence-electron chi connectivity index (χ1n) is 7.96. The predicted octanol–water partition coefficient (Wildman–Crippen LogP) is 3.84. The predicted molar refractivity (Wildman–Crippen MR) is 81.0 cm³/mol. The molecule has 120 valence electrons. The Morgan fingerprint density at radius 1 is 0.900 bits per heavy atom. The molecule has 0 radical (unpaired) electrons. The zero-order valence-electron chi connectivity index (χ0n) is 13.0. The third kappa shape index (κ3) is 7.75. The molecule has 0 N–H and O–H groups in total. The molecule has 1 saturated heterocycles. The first-order chi connectivity index (χ1) is 9.70. The molecule has 1 fully saturated rings. The van der Waals surface area contributed by atoms with Crippen LogP contribution in [0.25, 0.3) is 0 Å². The molecule has 1 heterocycles. The van der Waals surface area contributed by atoms with Crippen LogP contribution in [0.15, 0.2) is 0 Å². The fourth-order valence-electron chi connectivity index (χ4n) is 2.04. The van der Waals surface area contributed by atoms with E-state index in [1.807, 2.05) is 0 Å². The number of unbranched alkanes of at least 4 members (excludes halogenated alkanes) is 2. The van der Waals surface area contributed by atoms with E-state index in [4.69, 9.17) is 13.6 Å². The van der Waals surface area contributed by atoms with Crippen molar-refractivity contribution in [2.24, 2.45) is 0 Å². The van der Waals surface area contributed by atoms with Gasteiger partial charge in [-0.15, -0.1) is 0 Å². The van der Waals surface area contributed by atoms with Crippen molar-refractivity contribution in [1.29, 1.82) is 0 Å². The Morgan fingerprint density at radius 2 is 1.40 bits per heavy atom. The largest absolute Gasteiger partial charge is 0.474 e. The fraction of sp³-hybridized carbons (Fsp3) is 1.00. The van der Waals surface area contributed by atoms with Gasteiger partial charge in [0, 0.05) is 6.54 Å². The van der Waals surface area contributed by atoms with Crippen LogP contribution in [0.1, 0.15) is 52.4 Å². The first-order valence-corrected chi connectivity index (χ1v) is 9.42. The lowest BCUT2D eigenvalue weighted by molar-refractivity contribution is 0.103. The topological polar surface area (TPSA) is 48.0 Å². The molecule has 20 heavy (non-hydrogen) atoms. The Labute approximate surface area is 123 Å². The van der Waals surface area contributed by atoms with Gasteiger partial charge in [0.25, 0.3) is 0 Å². The molecule has 0 aromatic rings. The van der Waals surface area contributed by atoms with Crippen molar-refractivity contribution in [3.05, 3.63) is 0 Å². The molecule has 1 rings (SSSR count). The second kappa shape index (κ2) is 10.7. The number of hydrogen-bond acceptors (Lipinski definition) is 5. The van der Waals surface area contributed by atoms with Gasteiger partial charge in [-0.1, -0.05) is 26.7 Å². The molecule has 0 amide bonds. The van der Waals surface area contributed by atoms with Crippen molar-refractivity contribution in [2.75, 3.05) is 39.5 Å². The molecule has 0 aromatic carbocycles. The summed E-state index contributed by atoms with van der Waals surface area (Å²) in [6.07, 6.45) is 6.24. The molecule has 6 heteroatoms. The second-order valence-electron chi connectivity index (χ2n) is 5.20. The Morgan fingerprint density at radius 3 is 1.90 bits per heavy atom. The van der Waals surface area contributed by atoms with Crippen molar-refractivity contribution in [2.45, 2.75) is 52.4 Å². The Balaban J connectivity index is 2.28. The number of phosphoric acid groups is 1. The zero-order valence-corrected chi connectivity index (χ0v) is 13.9. The van der Waals surface area contributed by atoms with Crippen LogP contribution in [-0.4, -0.2) is 44.4 Å². The number of likely N-dealkylation sites (tertiary alicyclic amines) is 1. The molecule has 0 unspecified atom stereocenters. The summed E-state index contributed by atoms with van der Waals surface area (Å²) in [7, 11) is -3.36. The molecule has 1 aliphatic heterocycles. The first kappa shape index (κ1) is 18.1. The number of nitrogens with zero attached hydrogens (tertiary/aromatic N) is 1. The molecule has 0 aliphatic carbocycles. The quantitative estimate of drug-likeness (QED) is 0.405. The lowest BCUT2D eigenvalue weighted by Gasteiger charge is -2.20. The van der Waals surface area contributed by atoms with Gasteiger partial charge in [0.05, 0.1) is 19.8 Å². The summed E-state index contributed by atoms with van der Waals surface area (Å²) in [5, 5.41) is 0. The maximum absolute atomic E-state index is 12.5. The molecule has 0 aromatic heterocycles. The molecule has 0 bridgehead atoms. The van der Waals surface area contributed by atoms with Gasteiger partial charge < -0.3 is 4.90 Å². The maximum atomic E-state index is 12.5. The van der Waals surface area contributed by atoms with Crippen molar-refractivity contribution >= 4 is 7.82 Å². The highest BCUT2D eigenvalue weighted by Gasteiger charge is 2.26. The standard InChI is InChI=1S/C14H30NO4P/c1-3-5-12-17-20(16,18-13-6-4-2)19-14-11-15-9-7-8-10-15/h3-14H2,1-2H3. The summed E-state index contributed by atoms with van der Waals surface area (Å²) in [5.74, 6) is 0. The van der Waals surface area contributed by atoms with Gasteiger partial charge in [0.1, 0.15) is 0 Å². The Bertz CT molecular complexity index is 268. The average molecular weight is 307 g/mol. The number of phosphoric ester groups is 1. The maximum Gasteiger partial charge on any atom is 0.474 e. The highest BCUT2D eigenvalue weighted by Crippen LogP contribution is 2.49. The summed E-state index contributed by atoms with van der Waals surface area (Å²) in [6.45, 7) is 8.45. The van der Waals surface area contributed by atoms with Gasteiger partial charge in [-0.05, 0) is 38.8 Å². The molecule has 0 saturated carbocycles. The van der Waals surface area contributed by atoms with Crippen LogP contribution in [0.3, 0.4) is 0 Å². The van der Waals surface area contributed by atoms with Crippen LogP contribution in [-0.2, 0) is 18.1 Å². The SMILES string of the molecule is CCCCOP(=O)(OCCCC)OCCN1CCCC1. The zero-order chi connectivity index (χ0) is 14.7. The van der Waals surface area contributed by atoms with E-state index in [0.29, 0.717) is 19.8 Å². The normalized spacial score (nSPS) is 16.9. The minimum Gasteiger partial charge on any atom is -0.301 e. The minimum atomic E-state index is -3.36. The molecule has 0 atom stereocenters. The highest BCUT2D eigenvalue weighted by atomic mass is 31.2. The van der Waals surface area contributed by atoms with Crippen molar-refractivity contribution in [1.82, 2.24) is 4.90 Å². The third-order valence-electron chi connectivity index (χ3n) is 3.35. The minimum absolute atomic E-state index is 0.412. The lowest BCUT2D eigenvalue weighted by atomic mass is 10.4. The van der Waals surface area contributed by atoms with E-state index in [9.17, 15) is 4.57 Å². The second-order valence-corrected chi connectivity index (χ2v) is 6.87. The summed E-state index contributed by atoms with van der Waals surface area (Å²) in [4.78, 5) is 2.32. The van der Waals surface area contributed by atoms with Crippen LogP contribution in [0, 0.1) is 0 Å². The Hall–Kier alpha value is 0.0700. The van der Waals surface area contributed by atoms with Gasteiger partial charge >= 0.3 is 7.82 Å². The Kier molecular flexibility index (Phi) is 9.74. The van der Waals surface area contributed by atoms with Crippen molar-refractivity contribution in [3.63, 3.8) is 0 Å². The molecular formula is C14H30NO4P. The highest BCUT2D eigenvalue weighted by molar-refractivity contribution is 7.48. The summed E-state index contributed by atoms with van der Waals surface area (Å²) in [6, 6.07) is 0. The molecule has 5 nitrogen and oxygen atoms in total. The monoisotopic (exact) mass is 307 g/mol. The third-order valence-corrected chi connectivity index (χ3v) is 4.85. The van der Waals surface area contributed by atoms with Gasteiger partial charge in [-0.3, -0.25) is 13.6 Å². The lowest BCUT2D eigenvalue weighted by Crippen LogP contribution is -2.24. The van der Waals surface area contributed by atoms with Gasteiger partial charge in [0.15, 0.2) is 0 Å². The van der Waals surface area contributed by atoms with Crippen LogP contribution < -0.4 is 0 Å². The van der Waals surface area contributed by atoms with E-state index in [2.05, 4.69) is 18.7 Å². The van der Waals surface area contributed by atoms with Gasteiger partial charge in [0.2, 0.25) is 0 Å². The van der Waals surface area contributed by atoms with E-state index in [-0.39, 0.29) is 0 Å². The number of hydrogen-bond donors (Lipinski definition) is 0. The smallest absolute Gasteiger partial charge is 0.301 e. The summed E-state index contributed by atoms with van der Waals surface area (Å²) >= 11 is 0. The van der Waals surface area contributed by atoms with Crippen LogP contribution >= 0.6 is 7.82 Å².